The molecule has 0 spiro atoms. The highest BCUT2D eigenvalue weighted by Gasteiger charge is 2.40. The van der Waals surface area contributed by atoms with Crippen molar-refractivity contribution in [2.24, 2.45) is 0 Å². The van der Waals surface area contributed by atoms with E-state index in [2.05, 4.69) is 0 Å². The van der Waals surface area contributed by atoms with Crippen LogP contribution in [-0.4, -0.2) is 17.1 Å². The summed E-state index contributed by atoms with van der Waals surface area (Å²) in [5, 5.41) is -0.0246. The zero-order chi connectivity index (χ0) is 16.6. The molecular weight excluding hydrogens is 344 g/mol. The van der Waals surface area contributed by atoms with Crippen LogP contribution in [0.2, 0.25) is 5.02 Å². The van der Waals surface area contributed by atoms with Crippen molar-refractivity contribution in [3.63, 3.8) is 0 Å². The Morgan fingerprint density at radius 3 is 2.39 bits per heavy atom. The minimum absolute atomic E-state index is 0.00508. The van der Waals surface area contributed by atoms with Gasteiger partial charge in [0.1, 0.15) is 0 Å². The van der Waals surface area contributed by atoms with Crippen LogP contribution in [0, 0.1) is 11.6 Å². The molecule has 0 aliphatic carbocycles. The summed E-state index contributed by atoms with van der Waals surface area (Å²) in [6.45, 7) is 0. The summed E-state index contributed by atoms with van der Waals surface area (Å²) in [4.78, 5) is 26.2. The summed E-state index contributed by atoms with van der Waals surface area (Å²) in [5.41, 5.74) is 0.0399. The lowest BCUT2D eigenvalue weighted by Gasteiger charge is -2.15. The molecule has 0 radical (unpaired) electrons. The Hall–Kier alpha value is -1.92. The number of carbonyl (C=O) groups excluding carboxylic acids is 2. The van der Waals surface area contributed by atoms with E-state index in [1.807, 2.05) is 0 Å². The van der Waals surface area contributed by atoms with Gasteiger partial charge in [-0.2, -0.15) is 0 Å². The van der Waals surface area contributed by atoms with Crippen molar-refractivity contribution >= 4 is 40.9 Å². The van der Waals surface area contributed by atoms with Gasteiger partial charge in [-0.15, -0.1) is 11.8 Å². The van der Waals surface area contributed by atoms with E-state index < -0.39 is 28.7 Å². The number of imide groups is 1. The van der Waals surface area contributed by atoms with Gasteiger partial charge in [0.2, 0.25) is 11.8 Å². The van der Waals surface area contributed by atoms with Crippen LogP contribution in [0.25, 0.3) is 0 Å². The van der Waals surface area contributed by atoms with E-state index in [0.29, 0.717) is 5.02 Å². The first-order valence-electron chi connectivity index (χ1n) is 6.70. The molecule has 7 heteroatoms. The molecule has 1 heterocycles. The monoisotopic (exact) mass is 353 g/mol. The van der Waals surface area contributed by atoms with Crippen molar-refractivity contribution in [1.82, 2.24) is 0 Å². The van der Waals surface area contributed by atoms with E-state index in [4.69, 9.17) is 11.6 Å². The van der Waals surface area contributed by atoms with E-state index in [1.54, 1.807) is 24.3 Å². The van der Waals surface area contributed by atoms with Gasteiger partial charge in [-0.05, 0) is 36.4 Å². The van der Waals surface area contributed by atoms with E-state index >= 15 is 0 Å². The van der Waals surface area contributed by atoms with Gasteiger partial charge in [-0.25, -0.2) is 13.7 Å². The molecule has 2 amide bonds. The first-order valence-corrected chi connectivity index (χ1v) is 7.95. The van der Waals surface area contributed by atoms with Gasteiger partial charge in [0, 0.05) is 22.4 Å². The number of benzene rings is 2. The molecule has 1 fully saturated rings. The number of rotatable bonds is 3. The van der Waals surface area contributed by atoms with Crippen molar-refractivity contribution < 1.29 is 18.4 Å². The predicted molar refractivity (Wildman–Crippen MR) is 84.6 cm³/mol. The van der Waals surface area contributed by atoms with Crippen LogP contribution < -0.4 is 4.90 Å². The normalized spacial score (nSPS) is 17.9. The molecule has 0 unspecified atom stereocenters. The van der Waals surface area contributed by atoms with Crippen LogP contribution in [0.4, 0.5) is 14.5 Å². The van der Waals surface area contributed by atoms with E-state index in [1.165, 1.54) is 17.8 Å². The molecule has 2 aromatic rings. The molecule has 118 valence electrons. The highest BCUT2D eigenvalue weighted by molar-refractivity contribution is 8.00. The smallest absolute Gasteiger partial charge is 0.247 e. The Labute approximate surface area is 140 Å². The van der Waals surface area contributed by atoms with Crippen molar-refractivity contribution in [3.8, 4) is 0 Å². The maximum absolute atomic E-state index is 13.3. The number of nitrogens with zero attached hydrogens (tertiary/aromatic N) is 1. The first kappa shape index (κ1) is 16.0. The molecule has 0 bridgehead atoms. The second-order valence-corrected chi connectivity index (χ2v) is 6.64. The lowest BCUT2D eigenvalue weighted by Crippen LogP contribution is -2.31. The number of carbonyl (C=O) groups is 2. The fourth-order valence-electron chi connectivity index (χ4n) is 2.27. The van der Waals surface area contributed by atoms with Gasteiger partial charge in [0.05, 0.1) is 10.9 Å². The number of amides is 2. The maximum atomic E-state index is 13.3. The Kier molecular flexibility index (Phi) is 4.37. The van der Waals surface area contributed by atoms with Crippen LogP contribution in [0.3, 0.4) is 0 Å². The van der Waals surface area contributed by atoms with Crippen molar-refractivity contribution in [2.45, 2.75) is 16.6 Å². The standard InChI is InChI=1S/C16H10ClF2NO2S/c17-9-1-4-11(5-2-9)23-14-8-15(21)20(16(14)22)10-3-6-12(18)13(19)7-10/h1-7,14H,8H2/t14-/m1/s1. The molecule has 1 aliphatic rings. The number of thioether (sulfide) groups is 1. The molecule has 3 nitrogen and oxygen atoms in total. The summed E-state index contributed by atoms with van der Waals surface area (Å²) in [6.07, 6.45) is 0.00508. The first-order chi connectivity index (χ1) is 11.0. The summed E-state index contributed by atoms with van der Waals surface area (Å²) in [6, 6.07) is 9.85. The maximum Gasteiger partial charge on any atom is 0.247 e. The average Bonchev–Trinajstić information content (AvgIpc) is 2.79. The average molecular weight is 354 g/mol. The van der Waals surface area contributed by atoms with Gasteiger partial charge in [0.15, 0.2) is 11.6 Å². The highest BCUT2D eigenvalue weighted by Crippen LogP contribution is 2.34. The number of hydrogen-bond acceptors (Lipinski definition) is 3. The SMILES string of the molecule is O=C1C[C@@H](Sc2ccc(Cl)cc2)C(=O)N1c1ccc(F)c(F)c1. The third-order valence-corrected chi connectivity index (χ3v) is 4.81. The minimum atomic E-state index is -1.10. The van der Waals surface area contributed by atoms with Gasteiger partial charge in [0.25, 0.3) is 0 Å². The molecule has 0 saturated carbocycles. The number of halogens is 3. The molecule has 0 aromatic heterocycles. The van der Waals surface area contributed by atoms with E-state index in [0.717, 1.165) is 21.9 Å². The lowest BCUT2D eigenvalue weighted by atomic mass is 10.3. The second kappa shape index (κ2) is 6.29. The molecule has 1 atom stereocenters. The largest absolute Gasteiger partial charge is 0.274 e. The molecule has 1 aliphatic heterocycles. The topological polar surface area (TPSA) is 37.4 Å². The highest BCUT2D eigenvalue weighted by atomic mass is 35.5. The Morgan fingerprint density at radius 1 is 1.04 bits per heavy atom. The molecule has 2 aromatic carbocycles. The van der Waals surface area contributed by atoms with Crippen molar-refractivity contribution in [2.75, 3.05) is 4.90 Å². The number of hydrogen-bond donors (Lipinski definition) is 0. The summed E-state index contributed by atoms with van der Waals surface area (Å²) < 4.78 is 26.3. The van der Waals surface area contributed by atoms with Crippen LogP contribution in [-0.2, 0) is 9.59 Å². The van der Waals surface area contributed by atoms with Crippen LogP contribution in [0.5, 0.6) is 0 Å². The zero-order valence-electron chi connectivity index (χ0n) is 11.6. The molecule has 3 rings (SSSR count). The molecular formula is C16H10ClF2NO2S. The van der Waals surface area contributed by atoms with Gasteiger partial charge in [-0.3, -0.25) is 9.59 Å². The Balaban J connectivity index is 1.82. The van der Waals surface area contributed by atoms with Crippen LogP contribution in [0.15, 0.2) is 47.4 Å². The summed E-state index contributed by atoms with van der Waals surface area (Å²) in [5.74, 6) is -3.01. The third kappa shape index (κ3) is 3.23. The number of anilines is 1. The fraction of sp³-hybridized carbons (Fsp3) is 0.125. The predicted octanol–water partition coefficient (Wildman–Crippen LogP) is 4.04. The van der Waals surface area contributed by atoms with Gasteiger partial charge >= 0.3 is 0 Å². The van der Waals surface area contributed by atoms with Crippen molar-refractivity contribution in [3.05, 3.63) is 59.1 Å². The summed E-state index contributed by atoms with van der Waals surface area (Å²) in [7, 11) is 0. The summed E-state index contributed by atoms with van der Waals surface area (Å²) >= 11 is 7.05. The van der Waals surface area contributed by atoms with E-state index in [9.17, 15) is 18.4 Å². The van der Waals surface area contributed by atoms with Gasteiger partial charge in [-0.1, -0.05) is 11.6 Å². The van der Waals surface area contributed by atoms with Gasteiger partial charge < -0.3 is 0 Å². The fourth-order valence-corrected chi connectivity index (χ4v) is 3.45. The second-order valence-electron chi connectivity index (χ2n) is 4.93. The van der Waals surface area contributed by atoms with Crippen LogP contribution >= 0.6 is 23.4 Å². The Morgan fingerprint density at radius 2 is 1.74 bits per heavy atom. The minimum Gasteiger partial charge on any atom is -0.274 e. The van der Waals surface area contributed by atoms with Crippen molar-refractivity contribution in [1.29, 1.82) is 0 Å². The Bertz CT molecular complexity index is 782. The molecule has 1 saturated heterocycles. The molecule has 23 heavy (non-hydrogen) atoms. The van der Waals surface area contributed by atoms with E-state index in [-0.39, 0.29) is 12.1 Å². The molecule has 0 N–H and O–H groups in total. The third-order valence-electron chi connectivity index (χ3n) is 3.36. The lowest BCUT2D eigenvalue weighted by molar-refractivity contribution is -0.121. The van der Waals surface area contributed by atoms with Crippen LogP contribution in [0.1, 0.15) is 6.42 Å². The quantitative estimate of drug-likeness (QED) is 0.781. The zero-order valence-corrected chi connectivity index (χ0v) is 13.2.